The summed E-state index contributed by atoms with van der Waals surface area (Å²) in [6.45, 7) is 1.42. The molecule has 0 radical (unpaired) electrons. The molecular formula is C17H21N9O. The summed E-state index contributed by atoms with van der Waals surface area (Å²) in [4.78, 5) is 19.5. The normalized spacial score (nSPS) is 19.0. The zero-order valence-electron chi connectivity index (χ0n) is 14.9. The van der Waals surface area contributed by atoms with Crippen molar-refractivity contribution in [2.24, 2.45) is 5.73 Å². The van der Waals surface area contributed by atoms with E-state index in [-0.39, 0.29) is 23.7 Å². The van der Waals surface area contributed by atoms with Gasteiger partial charge in [0.25, 0.3) is 0 Å². The van der Waals surface area contributed by atoms with Gasteiger partial charge in [0, 0.05) is 25.1 Å². The number of carbonyl (C=O) groups excluding carboxylic acids is 1. The van der Waals surface area contributed by atoms with Gasteiger partial charge in [-0.2, -0.15) is 5.26 Å². The highest BCUT2D eigenvalue weighted by Gasteiger charge is 2.20. The molecule has 1 amide bonds. The van der Waals surface area contributed by atoms with Gasteiger partial charge in [-0.1, -0.05) is 0 Å². The predicted octanol–water partition coefficient (Wildman–Crippen LogP) is 1.52. The van der Waals surface area contributed by atoms with Crippen LogP contribution in [0.1, 0.15) is 38.3 Å². The van der Waals surface area contributed by atoms with E-state index in [4.69, 9.17) is 11.0 Å². The van der Waals surface area contributed by atoms with Crippen molar-refractivity contribution < 1.29 is 4.79 Å². The summed E-state index contributed by atoms with van der Waals surface area (Å²) in [5, 5.41) is 26.1. The molecule has 1 fully saturated rings. The number of nitrogens with one attached hydrogen (secondary N) is 3. The fourth-order valence-corrected chi connectivity index (χ4v) is 2.89. The Bertz CT molecular complexity index is 838. The Morgan fingerprint density at radius 2 is 1.96 bits per heavy atom. The third-order valence-electron chi connectivity index (χ3n) is 4.24. The Balaban J connectivity index is 1.78. The molecule has 1 aliphatic carbocycles. The zero-order valence-corrected chi connectivity index (χ0v) is 14.9. The van der Waals surface area contributed by atoms with E-state index in [1.807, 2.05) is 6.07 Å². The van der Waals surface area contributed by atoms with E-state index in [9.17, 15) is 4.79 Å². The number of nitrogens with zero attached hydrogens (tertiary/aromatic N) is 5. The SMILES string of the molecule is CC(=O)Nc1nnc(Nc2cnc(C#N)cn2)cc1NC1CCC(N)CC1. The minimum atomic E-state index is -0.225. The molecule has 0 aliphatic heterocycles. The van der Waals surface area contributed by atoms with Crippen LogP contribution < -0.4 is 21.7 Å². The first-order chi connectivity index (χ1) is 13.0. The molecule has 0 saturated heterocycles. The minimum Gasteiger partial charge on any atom is -0.379 e. The summed E-state index contributed by atoms with van der Waals surface area (Å²) in [7, 11) is 0. The molecule has 10 heteroatoms. The molecule has 27 heavy (non-hydrogen) atoms. The first kappa shape index (κ1) is 18.5. The highest BCUT2D eigenvalue weighted by molar-refractivity contribution is 5.91. The number of nitrogens with two attached hydrogens (primary N) is 1. The van der Waals surface area contributed by atoms with Crippen molar-refractivity contribution in [1.82, 2.24) is 20.2 Å². The lowest BCUT2D eigenvalue weighted by atomic mass is 9.92. The molecule has 0 atom stereocenters. The summed E-state index contributed by atoms with van der Waals surface area (Å²) >= 11 is 0. The van der Waals surface area contributed by atoms with Crippen molar-refractivity contribution in [3.05, 3.63) is 24.2 Å². The summed E-state index contributed by atoms with van der Waals surface area (Å²) in [6, 6.07) is 4.17. The van der Waals surface area contributed by atoms with Crippen molar-refractivity contribution in [3.63, 3.8) is 0 Å². The Hall–Kier alpha value is -3.32. The van der Waals surface area contributed by atoms with E-state index in [0.717, 1.165) is 25.7 Å². The topological polar surface area (TPSA) is 155 Å². The van der Waals surface area contributed by atoms with E-state index in [1.165, 1.54) is 19.3 Å². The molecule has 10 nitrogen and oxygen atoms in total. The van der Waals surface area contributed by atoms with Gasteiger partial charge in [-0.25, -0.2) is 9.97 Å². The highest BCUT2D eigenvalue weighted by Crippen LogP contribution is 2.27. The van der Waals surface area contributed by atoms with Crippen molar-refractivity contribution in [2.45, 2.75) is 44.7 Å². The maximum absolute atomic E-state index is 11.5. The van der Waals surface area contributed by atoms with E-state index < -0.39 is 0 Å². The van der Waals surface area contributed by atoms with Gasteiger partial charge >= 0.3 is 0 Å². The molecule has 2 aromatic rings. The van der Waals surface area contributed by atoms with E-state index >= 15 is 0 Å². The van der Waals surface area contributed by atoms with Crippen LogP contribution in [-0.4, -0.2) is 38.2 Å². The molecule has 3 rings (SSSR count). The third kappa shape index (κ3) is 5.08. The van der Waals surface area contributed by atoms with Crippen molar-refractivity contribution in [1.29, 1.82) is 5.26 Å². The molecule has 140 valence electrons. The van der Waals surface area contributed by atoms with Gasteiger partial charge in [0.2, 0.25) is 5.91 Å². The lowest BCUT2D eigenvalue weighted by molar-refractivity contribution is -0.114. The van der Waals surface area contributed by atoms with Gasteiger partial charge in [0.15, 0.2) is 17.3 Å². The number of hydrogen-bond donors (Lipinski definition) is 4. The second kappa shape index (κ2) is 8.37. The average molecular weight is 367 g/mol. The number of rotatable bonds is 5. The molecule has 1 aliphatic rings. The molecule has 2 aromatic heterocycles. The molecule has 1 saturated carbocycles. The molecular weight excluding hydrogens is 346 g/mol. The van der Waals surface area contributed by atoms with Crippen LogP contribution in [0.25, 0.3) is 0 Å². The standard InChI is InChI=1S/C17H21N9O/c1-10(27)22-17-14(23-12-4-2-11(19)3-5-12)6-15(25-26-17)24-16-9-20-13(7-18)8-21-16/h6,8-9,11-12H,2-5,19H2,1H3,(H,22,26,27)(H2,21,23,24,25). The fourth-order valence-electron chi connectivity index (χ4n) is 2.89. The van der Waals surface area contributed by atoms with Gasteiger partial charge < -0.3 is 21.7 Å². The van der Waals surface area contributed by atoms with Crippen LogP contribution in [0.15, 0.2) is 18.5 Å². The Morgan fingerprint density at radius 3 is 2.59 bits per heavy atom. The van der Waals surface area contributed by atoms with Gasteiger partial charge in [0.1, 0.15) is 11.9 Å². The van der Waals surface area contributed by atoms with Gasteiger partial charge in [-0.3, -0.25) is 4.79 Å². The fraction of sp³-hybridized carbons (Fsp3) is 0.412. The molecule has 0 spiro atoms. The summed E-state index contributed by atoms with van der Waals surface area (Å²) < 4.78 is 0. The van der Waals surface area contributed by atoms with E-state index in [0.29, 0.717) is 23.1 Å². The van der Waals surface area contributed by atoms with Crippen molar-refractivity contribution in [2.75, 3.05) is 16.0 Å². The molecule has 0 unspecified atom stereocenters. The molecule has 0 aromatic carbocycles. The van der Waals surface area contributed by atoms with Crippen molar-refractivity contribution >= 4 is 29.0 Å². The molecule has 2 heterocycles. The first-order valence-corrected chi connectivity index (χ1v) is 8.70. The van der Waals surface area contributed by atoms with Crippen molar-refractivity contribution in [3.8, 4) is 6.07 Å². The second-order valence-electron chi connectivity index (χ2n) is 6.45. The Kier molecular flexibility index (Phi) is 5.73. The quantitative estimate of drug-likeness (QED) is 0.615. The van der Waals surface area contributed by atoms with Crippen LogP contribution >= 0.6 is 0 Å². The third-order valence-corrected chi connectivity index (χ3v) is 4.24. The Morgan fingerprint density at radius 1 is 1.19 bits per heavy atom. The predicted molar refractivity (Wildman–Crippen MR) is 100 cm³/mol. The zero-order chi connectivity index (χ0) is 19.2. The van der Waals surface area contributed by atoms with Crippen LogP contribution in [0, 0.1) is 11.3 Å². The summed E-state index contributed by atoms with van der Waals surface area (Å²) in [5.41, 5.74) is 6.87. The number of nitriles is 1. The number of aromatic nitrogens is 4. The van der Waals surface area contributed by atoms with Gasteiger partial charge in [-0.15, -0.1) is 10.2 Å². The molecule has 5 N–H and O–H groups in total. The Labute approximate surface area is 156 Å². The first-order valence-electron chi connectivity index (χ1n) is 8.70. The lowest BCUT2D eigenvalue weighted by Crippen LogP contribution is -2.33. The maximum Gasteiger partial charge on any atom is 0.222 e. The van der Waals surface area contributed by atoms with Crippen LogP contribution in [0.5, 0.6) is 0 Å². The van der Waals surface area contributed by atoms with Crippen LogP contribution in [0.3, 0.4) is 0 Å². The van der Waals surface area contributed by atoms with E-state index in [1.54, 1.807) is 6.07 Å². The lowest BCUT2D eigenvalue weighted by Gasteiger charge is -2.28. The largest absolute Gasteiger partial charge is 0.379 e. The van der Waals surface area contributed by atoms with Crippen LogP contribution in [0.4, 0.5) is 23.1 Å². The number of anilines is 4. The van der Waals surface area contributed by atoms with Crippen LogP contribution in [-0.2, 0) is 4.79 Å². The maximum atomic E-state index is 11.5. The smallest absolute Gasteiger partial charge is 0.222 e. The molecule has 0 bridgehead atoms. The average Bonchev–Trinajstić information content (AvgIpc) is 2.66. The summed E-state index contributed by atoms with van der Waals surface area (Å²) in [5.74, 6) is 1.02. The highest BCUT2D eigenvalue weighted by atomic mass is 16.1. The number of amides is 1. The summed E-state index contributed by atoms with van der Waals surface area (Å²) in [6.07, 6.45) is 6.62. The van der Waals surface area contributed by atoms with Gasteiger partial charge in [-0.05, 0) is 25.7 Å². The second-order valence-corrected chi connectivity index (χ2v) is 6.45. The van der Waals surface area contributed by atoms with Gasteiger partial charge in [0.05, 0.1) is 18.1 Å². The minimum absolute atomic E-state index is 0.225. The monoisotopic (exact) mass is 367 g/mol. The number of carbonyl (C=O) groups is 1. The number of hydrogen-bond acceptors (Lipinski definition) is 9. The van der Waals surface area contributed by atoms with E-state index in [2.05, 4.69) is 36.1 Å². The van der Waals surface area contributed by atoms with Crippen LogP contribution in [0.2, 0.25) is 0 Å².